The number of anilines is 1. The van der Waals surface area contributed by atoms with Crippen LogP contribution >= 0.6 is 0 Å². The second kappa shape index (κ2) is 17.4. The smallest absolute Gasteiger partial charge is 0.490 e. The number of methoxy groups -OCH3 is 1. The van der Waals surface area contributed by atoms with Crippen LogP contribution in [0.1, 0.15) is 55.2 Å². The first-order chi connectivity index (χ1) is 25.4. The van der Waals surface area contributed by atoms with Crippen LogP contribution in [0.2, 0.25) is 0 Å². The number of benzene rings is 4. The lowest BCUT2D eigenvalue weighted by Crippen LogP contribution is -2.30. The molecule has 0 aliphatic rings. The molecule has 0 saturated heterocycles. The Morgan fingerprint density at radius 2 is 1.58 bits per heavy atom. The molecule has 0 bridgehead atoms. The van der Waals surface area contributed by atoms with E-state index in [-0.39, 0.29) is 24.3 Å². The first kappa shape index (κ1) is 38.1. The molecule has 0 aliphatic carbocycles. The number of carboxylic acid groups (broad SMARTS) is 1. The lowest BCUT2D eigenvalue weighted by Gasteiger charge is -2.17. The summed E-state index contributed by atoms with van der Waals surface area (Å²) in [6.45, 7) is 1.99. The molecule has 4 aromatic carbocycles. The average molecular weight is 728 g/mol. The molecule has 6 aromatic rings. The van der Waals surface area contributed by atoms with Crippen molar-refractivity contribution in [2.24, 2.45) is 0 Å². The number of aromatic nitrogens is 3. The van der Waals surface area contributed by atoms with Crippen molar-refractivity contribution in [1.29, 1.82) is 0 Å². The van der Waals surface area contributed by atoms with Crippen LogP contribution in [0, 0.1) is 6.92 Å². The molecule has 5 N–H and O–H groups in total. The average Bonchev–Trinajstić information content (AvgIpc) is 3.75. The fourth-order valence-corrected chi connectivity index (χ4v) is 5.97. The summed E-state index contributed by atoms with van der Waals surface area (Å²) in [5, 5.41) is 16.6. The molecule has 2 amide bonds. The number of alkyl halides is 3. The fourth-order valence-electron chi connectivity index (χ4n) is 5.97. The van der Waals surface area contributed by atoms with Crippen molar-refractivity contribution < 1.29 is 37.4 Å². The third-order valence-electron chi connectivity index (χ3n) is 8.68. The molecule has 1 atom stereocenters. The summed E-state index contributed by atoms with van der Waals surface area (Å²) in [6, 6.07) is 29.7. The Kier molecular flexibility index (Phi) is 12.5. The van der Waals surface area contributed by atoms with Gasteiger partial charge in [0.1, 0.15) is 11.6 Å². The molecule has 0 spiro atoms. The van der Waals surface area contributed by atoms with E-state index in [4.69, 9.17) is 19.6 Å². The van der Waals surface area contributed by atoms with E-state index in [9.17, 15) is 22.8 Å². The molecule has 6 rings (SSSR count). The van der Waals surface area contributed by atoms with Gasteiger partial charge in [-0.25, -0.2) is 9.78 Å². The number of imidazole rings is 1. The molecule has 0 fully saturated rings. The summed E-state index contributed by atoms with van der Waals surface area (Å²) in [4.78, 5) is 46.5. The van der Waals surface area contributed by atoms with Crippen LogP contribution in [0.25, 0.3) is 32.9 Å². The normalized spacial score (nSPS) is 11.8. The Bertz CT molecular complexity index is 2180. The molecule has 53 heavy (non-hydrogen) atoms. The SMILES string of the molecule is COc1ccc2[nH]c(C)c(CC(=O)N[C@@H](CCCCCC(=O)Nc3ccccc3)c3ncc(-c4ccc5ccccc5c4)[nH]3)c2c1.O=C(O)C(F)(F)F. The Hall–Kier alpha value is -6.11. The van der Waals surface area contributed by atoms with Crippen molar-refractivity contribution in [2.75, 3.05) is 12.4 Å². The predicted molar refractivity (Wildman–Crippen MR) is 198 cm³/mol. The summed E-state index contributed by atoms with van der Waals surface area (Å²) in [7, 11) is 1.64. The lowest BCUT2D eigenvalue weighted by molar-refractivity contribution is -0.192. The zero-order chi connectivity index (χ0) is 38.0. The summed E-state index contributed by atoms with van der Waals surface area (Å²) in [6.07, 6.45) is 0.568. The van der Waals surface area contributed by atoms with Crippen molar-refractivity contribution in [3.63, 3.8) is 0 Å². The number of nitrogens with zero attached hydrogens (tertiary/aromatic N) is 1. The Labute approximate surface area is 303 Å². The van der Waals surface area contributed by atoms with Gasteiger partial charge in [0.05, 0.1) is 31.5 Å². The van der Waals surface area contributed by atoms with E-state index < -0.39 is 12.1 Å². The maximum absolute atomic E-state index is 13.6. The number of aromatic amines is 2. The quantitative estimate of drug-likeness (QED) is 0.0752. The van der Waals surface area contributed by atoms with Gasteiger partial charge in [-0.05, 0) is 72.5 Å². The molecule has 0 unspecified atom stereocenters. The Morgan fingerprint density at radius 1 is 0.868 bits per heavy atom. The third kappa shape index (κ3) is 10.5. The summed E-state index contributed by atoms with van der Waals surface area (Å²) >= 11 is 0. The molecule has 0 radical (unpaired) electrons. The first-order valence-corrected chi connectivity index (χ1v) is 17.0. The third-order valence-corrected chi connectivity index (χ3v) is 8.68. The van der Waals surface area contributed by atoms with Gasteiger partial charge in [-0.2, -0.15) is 13.2 Å². The largest absolute Gasteiger partial charge is 0.497 e. The molecule has 0 aliphatic heterocycles. The minimum atomic E-state index is -5.08. The monoisotopic (exact) mass is 727 g/mol. The molecule has 2 heterocycles. The van der Waals surface area contributed by atoms with Crippen LogP contribution in [0.5, 0.6) is 5.75 Å². The van der Waals surface area contributed by atoms with Crippen LogP contribution in [0.4, 0.5) is 18.9 Å². The molecule has 0 saturated carbocycles. The van der Waals surface area contributed by atoms with E-state index in [1.807, 2.05) is 73.8 Å². The van der Waals surface area contributed by atoms with Gasteiger partial charge in [-0.1, -0.05) is 67.4 Å². The molecule has 10 nitrogen and oxygen atoms in total. The van der Waals surface area contributed by atoms with Crippen LogP contribution in [-0.4, -0.2) is 51.1 Å². The van der Waals surface area contributed by atoms with Gasteiger partial charge >= 0.3 is 12.1 Å². The number of aryl methyl sites for hydroxylation is 1. The Morgan fingerprint density at radius 3 is 2.30 bits per heavy atom. The number of para-hydroxylation sites is 1. The summed E-state index contributed by atoms with van der Waals surface area (Å²) < 4.78 is 37.2. The van der Waals surface area contributed by atoms with Gasteiger partial charge < -0.3 is 30.4 Å². The van der Waals surface area contributed by atoms with E-state index in [0.29, 0.717) is 12.8 Å². The minimum Gasteiger partial charge on any atom is -0.497 e. The first-order valence-electron chi connectivity index (χ1n) is 17.0. The number of ether oxygens (including phenoxy) is 1. The number of hydrogen-bond acceptors (Lipinski definition) is 5. The highest BCUT2D eigenvalue weighted by Gasteiger charge is 2.38. The van der Waals surface area contributed by atoms with Crippen LogP contribution in [0.3, 0.4) is 0 Å². The highest BCUT2D eigenvalue weighted by atomic mass is 19.4. The topological polar surface area (TPSA) is 149 Å². The highest BCUT2D eigenvalue weighted by molar-refractivity contribution is 5.92. The summed E-state index contributed by atoms with van der Waals surface area (Å²) in [5.41, 5.74) is 5.62. The number of nitrogens with one attached hydrogen (secondary N) is 4. The number of unbranched alkanes of at least 4 members (excludes halogenated alkanes) is 2. The number of hydrogen-bond donors (Lipinski definition) is 5. The van der Waals surface area contributed by atoms with Crippen LogP contribution in [-0.2, 0) is 20.8 Å². The van der Waals surface area contributed by atoms with Crippen molar-refractivity contribution in [1.82, 2.24) is 20.3 Å². The van der Waals surface area contributed by atoms with E-state index in [1.54, 1.807) is 7.11 Å². The van der Waals surface area contributed by atoms with Crippen molar-refractivity contribution in [3.05, 3.63) is 114 Å². The number of H-pyrrole nitrogens is 2. The lowest BCUT2D eigenvalue weighted by atomic mass is 10.0. The number of carbonyl (C=O) groups excluding carboxylic acids is 2. The van der Waals surface area contributed by atoms with Gasteiger partial charge in [-0.3, -0.25) is 9.59 Å². The van der Waals surface area contributed by atoms with Crippen LogP contribution in [0.15, 0.2) is 97.2 Å². The zero-order valence-corrected chi connectivity index (χ0v) is 29.2. The molecule has 276 valence electrons. The van der Waals surface area contributed by atoms with E-state index in [1.165, 1.54) is 5.39 Å². The number of aliphatic carboxylic acids is 1. The van der Waals surface area contributed by atoms with E-state index in [0.717, 1.165) is 75.3 Å². The molecular weight excluding hydrogens is 687 g/mol. The fraction of sp³-hybridized carbons (Fsp3) is 0.250. The van der Waals surface area contributed by atoms with Gasteiger partial charge in [0.2, 0.25) is 11.8 Å². The van der Waals surface area contributed by atoms with Crippen molar-refractivity contribution >= 4 is 45.1 Å². The van der Waals surface area contributed by atoms with Gasteiger partial charge in [0, 0.05) is 34.3 Å². The second-order valence-corrected chi connectivity index (χ2v) is 12.5. The highest BCUT2D eigenvalue weighted by Crippen LogP contribution is 2.29. The predicted octanol–water partition coefficient (Wildman–Crippen LogP) is 8.65. The van der Waals surface area contributed by atoms with Crippen molar-refractivity contribution in [3.8, 4) is 17.0 Å². The number of halogens is 3. The number of fused-ring (bicyclic) bond motifs is 2. The standard InChI is InChI=1S/C38H39N5O3.C2HF3O2/c1-25-31(32-22-30(46-2)19-20-33(32)40-25)23-37(45)42-34(15-7-4-8-16-36(44)41-29-13-5-3-6-14-29)38-39-24-35(43-38)28-18-17-26-11-9-10-12-27(26)21-28;3-2(4,5)1(6)7/h3,5-6,9-14,17-22,24,34,40H,4,7-8,15-16,23H2,1-2H3,(H,39,43)(H,41,44)(H,42,45);(H,6,7)/t34-;/m0./s1. The maximum atomic E-state index is 13.6. The van der Waals surface area contributed by atoms with Gasteiger partial charge in [-0.15, -0.1) is 0 Å². The number of carboxylic acids is 1. The summed E-state index contributed by atoms with van der Waals surface area (Å²) in [5.74, 6) is -1.36. The zero-order valence-electron chi connectivity index (χ0n) is 29.2. The minimum absolute atomic E-state index is 0.00726. The molecule has 13 heteroatoms. The van der Waals surface area contributed by atoms with E-state index >= 15 is 0 Å². The number of carbonyl (C=O) groups is 3. The molecule has 2 aromatic heterocycles. The van der Waals surface area contributed by atoms with E-state index in [2.05, 4.69) is 50.9 Å². The van der Waals surface area contributed by atoms with Gasteiger partial charge in [0.15, 0.2) is 0 Å². The van der Waals surface area contributed by atoms with Gasteiger partial charge in [0.25, 0.3) is 0 Å². The Balaban J connectivity index is 0.000000705. The maximum Gasteiger partial charge on any atom is 0.490 e. The number of rotatable bonds is 13. The van der Waals surface area contributed by atoms with Crippen molar-refractivity contribution in [2.45, 2.75) is 57.7 Å². The number of amides is 2. The second-order valence-electron chi connectivity index (χ2n) is 12.5. The van der Waals surface area contributed by atoms with Crippen LogP contribution < -0.4 is 15.4 Å². The molecular formula is C40H40F3N5O5.